The minimum atomic E-state index is -4.96. The predicted molar refractivity (Wildman–Crippen MR) is 418 cm³/mol. The summed E-state index contributed by atoms with van der Waals surface area (Å²) in [6.45, 7) is 14.3. The fourth-order valence-electron chi connectivity index (χ4n) is 12.8. The van der Waals surface area contributed by atoms with Crippen molar-refractivity contribution in [2.24, 2.45) is 23.7 Å². The summed E-state index contributed by atoms with van der Waals surface area (Å²) in [5, 5.41) is 10.7. The SMILES string of the molecule is CC(C)CCCCCCCCCCCCCCCCCCCCC(=O)O[C@H](COC(=O)CCCCCCCCCC(C)C)COP(=O)(O)OCC(O)COP(=O)(O)OC[C@@H](COC(=O)CCCCCCCCCCCCCC(C)C)OC(=O)CCCCCCCCCCCCCCCCC(C)C. The third kappa shape index (κ3) is 76.3. The number of esters is 4. The molecule has 0 fully saturated rings. The van der Waals surface area contributed by atoms with Crippen LogP contribution in [0.25, 0.3) is 0 Å². The van der Waals surface area contributed by atoms with Gasteiger partial charge in [0.2, 0.25) is 0 Å². The lowest BCUT2D eigenvalue weighted by atomic mass is 10.0. The first-order valence-corrected chi connectivity index (χ1v) is 45.7. The molecule has 0 aliphatic rings. The van der Waals surface area contributed by atoms with E-state index in [2.05, 4.69) is 55.4 Å². The summed E-state index contributed by atoms with van der Waals surface area (Å²) in [5.41, 5.74) is 0. The van der Waals surface area contributed by atoms with Gasteiger partial charge in [0, 0.05) is 25.7 Å². The fraction of sp³-hybridized carbons (Fsp3) is 0.952. The van der Waals surface area contributed by atoms with Gasteiger partial charge in [0.25, 0.3) is 0 Å². The highest BCUT2D eigenvalue weighted by Gasteiger charge is 2.30. The standard InChI is InChI=1S/C83H162O17P2/c1-73(2)59-51-43-35-28-22-17-13-11-9-10-12-14-19-25-32-40-49-57-65-83(88)100-79(70-94-81(86)64-56-48-42-34-38-46-54-62-76(7)8)72-98-102(91,92)96-68-77(84)67-95-101(89,90)97-71-78(69-93-80(85)63-55-47-39-31-27-21-24-30-37-45-53-61-75(5)6)99-82(87)66-58-50-41-33-26-20-16-15-18-23-29-36-44-52-60-74(3)4/h73-79,84H,9-72H2,1-8H3,(H,89,90)(H,91,92)/t77?,78-,79-/m1/s1. The number of phosphoric ester groups is 2. The van der Waals surface area contributed by atoms with E-state index >= 15 is 0 Å². The van der Waals surface area contributed by atoms with Gasteiger partial charge >= 0.3 is 39.5 Å². The van der Waals surface area contributed by atoms with Crippen LogP contribution in [0.5, 0.6) is 0 Å². The molecule has 0 aromatic heterocycles. The molecule has 0 aliphatic carbocycles. The van der Waals surface area contributed by atoms with Gasteiger partial charge in [-0.25, -0.2) is 9.13 Å². The Labute approximate surface area is 626 Å². The van der Waals surface area contributed by atoms with E-state index < -0.39 is 97.5 Å². The molecular weight excluding hydrogens is 1330 g/mol. The molecule has 0 amide bonds. The Morgan fingerprint density at radius 2 is 0.412 bits per heavy atom. The second-order valence-electron chi connectivity index (χ2n) is 31.8. The number of phosphoric acid groups is 2. The van der Waals surface area contributed by atoms with E-state index in [9.17, 15) is 43.2 Å². The van der Waals surface area contributed by atoms with Crippen LogP contribution in [-0.2, 0) is 65.4 Å². The van der Waals surface area contributed by atoms with Gasteiger partial charge in [-0.05, 0) is 49.4 Å². The maximum absolute atomic E-state index is 13.1. The molecule has 0 bridgehead atoms. The van der Waals surface area contributed by atoms with Gasteiger partial charge in [-0.3, -0.25) is 37.3 Å². The Hall–Kier alpha value is -1.94. The molecule has 102 heavy (non-hydrogen) atoms. The number of rotatable bonds is 80. The largest absolute Gasteiger partial charge is 0.472 e. The van der Waals surface area contributed by atoms with Crippen LogP contribution in [0.1, 0.15) is 428 Å². The first-order valence-electron chi connectivity index (χ1n) is 42.7. The normalized spacial score (nSPS) is 14.0. The van der Waals surface area contributed by atoms with Crippen molar-refractivity contribution >= 4 is 39.5 Å². The third-order valence-corrected chi connectivity index (χ3v) is 21.2. The van der Waals surface area contributed by atoms with E-state index in [1.165, 1.54) is 225 Å². The van der Waals surface area contributed by atoms with E-state index in [0.717, 1.165) is 114 Å². The third-order valence-electron chi connectivity index (χ3n) is 19.3. The molecule has 0 aliphatic heterocycles. The molecule has 0 heterocycles. The lowest BCUT2D eigenvalue weighted by Crippen LogP contribution is -2.30. The van der Waals surface area contributed by atoms with E-state index in [1.807, 2.05) is 0 Å². The van der Waals surface area contributed by atoms with Crippen molar-refractivity contribution in [3.8, 4) is 0 Å². The number of hydrogen-bond acceptors (Lipinski definition) is 15. The Balaban J connectivity index is 5.21. The quantitative estimate of drug-likeness (QED) is 0.0222. The number of aliphatic hydroxyl groups is 1. The van der Waals surface area contributed by atoms with Crippen molar-refractivity contribution in [3.63, 3.8) is 0 Å². The first-order chi connectivity index (χ1) is 49.1. The lowest BCUT2D eigenvalue weighted by Gasteiger charge is -2.21. The van der Waals surface area contributed by atoms with E-state index in [4.69, 9.17) is 37.0 Å². The second-order valence-corrected chi connectivity index (χ2v) is 34.7. The number of ether oxygens (including phenoxy) is 4. The molecule has 0 aromatic carbocycles. The molecule has 0 radical (unpaired) electrons. The van der Waals surface area contributed by atoms with E-state index in [0.29, 0.717) is 31.6 Å². The van der Waals surface area contributed by atoms with Crippen molar-refractivity contribution in [3.05, 3.63) is 0 Å². The van der Waals surface area contributed by atoms with Crippen LogP contribution in [0.4, 0.5) is 0 Å². The van der Waals surface area contributed by atoms with Crippen molar-refractivity contribution in [2.75, 3.05) is 39.6 Å². The average molecular weight is 1490 g/mol. The monoisotopic (exact) mass is 1490 g/mol. The maximum Gasteiger partial charge on any atom is 0.472 e. The van der Waals surface area contributed by atoms with E-state index in [1.54, 1.807) is 0 Å². The zero-order valence-electron chi connectivity index (χ0n) is 67.2. The first kappa shape index (κ1) is 100. The summed E-state index contributed by atoms with van der Waals surface area (Å²) in [5.74, 6) is 0.979. The molecule has 17 nitrogen and oxygen atoms in total. The summed E-state index contributed by atoms with van der Waals surface area (Å²) in [6, 6.07) is 0. The molecule has 5 atom stereocenters. The van der Waals surface area contributed by atoms with Gasteiger partial charge < -0.3 is 33.8 Å². The Morgan fingerprint density at radius 1 is 0.245 bits per heavy atom. The molecule has 19 heteroatoms. The minimum absolute atomic E-state index is 0.107. The van der Waals surface area contributed by atoms with Crippen molar-refractivity contribution in [1.82, 2.24) is 0 Å². The van der Waals surface area contributed by atoms with Gasteiger partial charge in [-0.15, -0.1) is 0 Å². The topological polar surface area (TPSA) is 237 Å². The molecule has 3 N–H and O–H groups in total. The number of hydrogen-bond donors (Lipinski definition) is 3. The van der Waals surface area contributed by atoms with Crippen LogP contribution < -0.4 is 0 Å². The molecule has 0 saturated heterocycles. The van der Waals surface area contributed by atoms with Gasteiger partial charge in [-0.1, -0.05) is 376 Å². The van der Waals surface area contributed by atoms with Gasteiger partial charge in [0.05, 0.1) is 26.4 Å². The summed E-state index contributed by atoms with van der Waals surface area (Å²) in [7, 11) is -9.92. The Kier molecular flexibility index (Phi) is 70.6. The summed E-state index contributed by atoms with van der Waals surface area (Å²) in [6.07, 6.45) is 59.8. The average Bonchev–Trinajstić information content (AvgIpc) is 0.910. The molecule has 3 unspecified atom stereocenters. The highest BCUT2D eigenvalue weighted by atomic mass is 31.2. The molecular formula is C83H162O17P2. The van der Waals surface area contributed by atoms with Crippen LogP contribution in [0, 0.1) is 23.7 Å². The Bertz CT molecular complexity index is 1990. The molecule has 0 rings (SSSR count). The molecule has 0 saturated carbocycles. The van der Waals surface area contributed by atoms with Gasteiger partial charge in [0.1, 0.15) is 19.3 Å². The minimum Gasteiger partial charge on any atom is -0.462 e. The van der Waals surface area contributed by atoms with Crippen LogP contribution >= 0.6 is 15.6 Å². The van der Waals surface area contributed by atoms with Crippen LogP contribution in [-0.4, -0.2) is 96.7 Å². The predicted octanol–water partition coefficient (Wildman–Crippen LogP) is 24.8. The fourth-order valence-corrected chi connectivity index (χ4v) is 14.4. The molecule has 606 valence electrons. The smallest absolute Gasteiger partial charge is 0.462 e. The number of carbonyl (C=O) groups excluding carboxylic acids is 4. The zero-order chi connectivity index (χ0) is 75.3. The maximum atomic E-state index is 13.1. The Morgan fingerprint density at radius 3 is 0.608 bits per heavy atom. The lowest BCUT2D eigenvalue weighted by molar-refractivity contribution is -0.161. The van der Waals surface area contributed by atoms with Crippen molar-refractivity contribution in [1.29, 1.82) is 0 Å². The van der Waals surface area contributed by atoms with E-state index in [-0.39, 0.29) is 25.7 Å². The highest BCUT2D eigenvalue weighted by Crippen LogP contribution is 2.45. The van der Waals surface area contributed by atoms with Crippen LogP contribution in [0.2, 0.25) is 0 Å². The van der Waals surface area contributed by atoms with Crippen molar-refractivity contribution < 1.29 is 80.2 Å². The summed E-state index contributed by atoms with van der Waals surface area (Å²) >= 11 is 0. The summed E-state index contributed by atoms with van der Waals surface area (Å²) < 4.78 is 68.8. The second kappa shape index (κ2) is 72.0. The molecule has 0 aromatic rings. The van der Waals surface area contributed by atoms with Crippen LogP contribution in [0.15, 0.2) is 0 Å². The summed E-state index contributed by atoms with van der Waals surface area (Å²) in [4.78, 5) is 73.1. The highest BCUT2D eigenvalue weighted by molar-refractivity contribution is 7.47. The number of aliphatic hydroxyl groups excluding tert-OH is 1. The van der Waals surface area contributed by atoms with Crippen molar-refractivity contribution in [2.45, 2.75) is 446 Å². The number of unbranched alkanes of at least 4 members (excludes halogenated alkanes) is 46. The number of carbonyl (C=O) groups is 4. The van der Waals surface area contributed by atoms with Crippen LogP contribution in [0.3, 0.4) is 0 Å². The van der Waals surface area contributed by atoms with Gasteiger partial charge in [-0.2, -0.15) is 0 Å². The van der Waals surface area contributed by atoms with Gasteiger partial charge in [0.15, 0.2) is 12.2 Å². The zero-order valence-corrected chi connectivity index (χ0v) is 69.0. The molecule has 0 spiro atoms.